The summed E-state index contributed by atoms with van der Waals surface area (Å²) < 4.78 is 0. The summed E-state index contributed by atoms with van der Waals surface area (Å²) in [4.78, 5) is 12.0. The molecule has 1 saturated heterocycles. The summed E-state index contributed by atoms with van der Waals surface area (Å²) in [5.74, 6) is 0.378. The van der Waals surface area contributed by atoms with Gasteiger partial charge in [0, 0.05) is 12.5 Å². The Kier molecular flexibility index (Phi) is 5.45. The van der Waals surface area contributed by atoms with Crippen molar-refractivity contribution in [2.24, 2.45) is 5.92 Å². The summed E-state index contributed by atoms with van der Waals surface area (Å²) in [6.45, 7) is 1.59. The van der Waals surface area contributed by atoms with Crippen LogP contribution in [-0.4, -0.2) is 36.2 Å². The molecule has 1 aliphatic carbocycles. The van der Waals surface area contributed by atoms with Gasteiger partial charge < -0.3 is 15.7 Å². The van der Waals surface area contributed by atoms with Gasteiger partial charge in [0.1, 0.15) is 0 Å². The predicted molar refractivity (Wildman–Crippen MR) is 71.2 cm³/mol. The number of aliphatic hydroxyl groups is 1. The third kappa shape index (κ3) is 3.95. The molecule has 3 unspecified atom stereocenters. The van der Waals surface area contributed by atoms with E-state index in [1.54, 1.807) is 0 Å². The largest absolute Gasteiger partial charge is 0.393 e. The highest BCUT2D eigenvalue weighted by molar-refractivity contribution is 5.81. The molecule has 1 aliphatic heterocycles. The van der Waals surface area contributed by atoms with Crippen LogP contribution in [0.1, 0.15) is 51.4 Å². The molecule has 0 spiro atoms. The molecule has 1 heterocycles. The third-order valence-corrected chi connectivity index (χ3v) is 4.28. The summed E-state index contributed by atoms with van der Waals surface area (Å²) in [5.41, 5.74) is 0. The highest BCUT2D eigenvalue weighted by Crippen LogP contribution is 2.23. The zero-order valence-corrected chi connectivity index (χ0v) is 11.2. The van der Waals surface area contributed by atoms with E-state index in [2.05, 4.69) is 10.6 Å². The summed E-state index contributed by atoms with van der Waals surface area (Å²) in [6.07, 6.45) is 8.48. The van der Waals surface area contributed by atoms with E-state index in [1.165, 1.54) is 19.3 Å². The number of rotatable bonds is 3. The van der Waals surface area contributed by atoms with Gasteiger partial charge >= 0.3 is 0 Å². The Morgan fingerprint density at radius 2 is 1.89 bits per heavy atom. The van der Waals surface area contributed by atoms with Crippen molar-refractivity contribution in [3.63, 3.8) is 0 Å². The first-order valence-electron chi connectivity index (χ1n) is 7.46. The lowest BCUT2D eigenvalue weighted by molar-refractivity contribution is -0.123. The average molecular weight is 254 g/mol. The number of nitrogens with one attached hydrogen (secondary N) is 2. The van der Waals surface area contributed by atoms with Gasteiger partial charge in [0.2, 0.25) is 5.91 Å². The van der Waals surface area contributed by atoms with Crippen LogP contribution in [0.3, 0.4) is 0 Å². The van der Waals surface area contributed by atoms with E-state index in [0.29, 0.717) is 6.54 Å². The molecular formula is C14H26N2O2. The third-order valence-electron chi connectivity index (χ3n) is 4.28. The molecule has 0 radical (unpaired) electrons. The van der Waals surface area contributed by atoms with Crippen molar-refractivity contribution in [1.82, 2.24) is 10.6 Å². The molecule has 0 bridgehead atoms. The second-order valence-corrected chi connectivity index (χ2v) is 5.71. The lowest BCUT2D eigenvalue weighted by Crippen LogP contribution is -2.46. The second-order valence-electron chi connectivity index (χ2n) is 5.71. The van der Waals surface area contributed by atoms with Crippen molar-refractivity contribution in [3.8, 4) is 0 Å². The van der Waals surface area contributed by atoms with Gasteiger partial charge in [-0.25, -0.2) is 0 Å². The normalized spacial score (nSPS) is 33.7. The maximum Gasteiger partial charge on any atom is 0.237 e. The maximum atomic E-state index is 12.0. The molecule has 1 saturated carbocycles. The van der Waals surface area contributed by atoms with Gasteiger partial charge in [-0.3, -0.25) is 4.79 Å². The van der Waals surface area contributed by atoms with E-state index in [0.717, 1.165) is 38.6 Å². The standard InChI is InChI=1S/C14H26N2O2/c17-13-8-4-3-6-11(13)10-16-14(18)12-7-2-1-5-9-15-12/h11-13,15,17H,1-10H2,(H,16,18). The monoisotopic (exact) mass is 254 g/mol. The molecular weight excluding hydrogens is 228 g/mol. The molecule has 2 rings (SSSR count). The van der Waals surface area contributed by atoms with Gasteiger partial charge in [-0.15, -0.1) is 0 Å². The van der Waals surface area contributed by atoms with Crippen molar-refractivity contribution < 1.29 is 9.90 Å². The number of aliphatic hydroxyl groups excluding tert-OH is 1. The number of carbonyl (C=O) groups excluding carboxylic acids is 1. The van der Waals surface area contributed by atoms with Crippen LogP contribution in [0.2, 0.25) is 0 Å². The summed E-state index contributed by atoms with van der Waals surface area (Å²) in [5, 5.41) is 16.2. The lowest BCUT2D eigenvalue weighted by Gasteiger charge is -2.28. The SMILES string of the molecule is O=C(NCC1CCCCC1O)C1CCCCCN1. The average Bonchev–Trinajstić information content (AvgIpc) is 2.66. The smallest absolute Gasteiger partial charge is 0.237 e. The Morgan fingerprint density at radius 3 is 2.72 bits per heavy atom. The molecule has 18 heavy (non-hydrogen) atoms. The maximum absolute atomic E-state index is 12.0. The first-order valence-corrected chi connectivity index (χ1v) is 7.46. The Labute approximate surface area is 110 Å². The van der Waals surface area contributed by atoms with E-state index in [4.69, 9.17) is 0 Å². The van der Waals surface area contributed by atoms with Gasteiger partial charge in [0.25, 0.3) is 0 Å². The molecule has 3 atom stereocenters. The molecule has 4 nitrogen and oxygen atoms in total. The Hall–Kier alpha value is -0.610. The molecule has 2 aliphatic rings. The minimum Gasteiger partial charge on any atom is -0.393 e. The molecule has 104 valence electrons. The van der Waals surface area contributed by atoms with Crippen LogP contribution in [0, 0.1) is 5.92 Å². The number of hydrogen-bond acceptors (Lipinski definition) is 3. The van der Waals surface area contributed by atoms with Crippen LogP contribution in [0.4, 0.5) is 0 Å². The quantitative estimate of drug-likeness (QED) is 0.709. The highest BCUT2D eigenvalue weighted by atomic mass is 16.3. The molecule has 0 aromatic carbocycles. The van der Waals surface area contributed by atoms with Gasteiger partial charge in [-0.05, 0) is 32.2 Å². The fraction of sp³-hybridized carbons (Fsp3) is 0.929. The van der Waals surface area contributed by atoms with Gasteiger partial charge in [-0.1, -0.05) is 25.7 Å². The fourth-order valence-corrected chi connectivity index (χ4v) is 3.03. The first kappa shape index (κ1) is 13.8. The van der Waals surface area contributed by atoms with Crippen LogP contribution < -0.4 is 10.6 Å². The van der Waals surface area contributed by atoms with E-state index in [1.807, 2.05) is 0 Å². The van der Waals surface area contributed by atoms with E-state index >= 15 is 0 Å². The Balaban J connectivity index is 1.72. The van der Waals surface area contributed by atoms with Crippen LogP contribution >= 0.6 is 0 Å². The van der Waals surface area contributed by atoms with Gasteiger partial charge in [0.15, 0.2) is 0 Å². The zero-order chi connectivity index (χ0) is 12.8. The van der Waals surface area contributed by atoms with Crippen molar-refractivity contribution >= 4 is 5.91 Å². The molecule has 0 aromatic heterocycles. The summed E-state index contributed by atoms with van der Waals surface area (Å²) >= 11 is 0. The molecule has 1 amide bonds. The zero-order valence-electron chi connectivity index (χ0n) is 11.2. The number of amides is 1. The first-order chi connectivity index (χ1) is 8.77. The van der Waals surface area contributed by atoms with Gasteiger partial charge in [0.05, 0.1) is 12.1 Å². The van der Waals surface area contributed by atoms with Gasteiger partial charge in [-0.2, -0.15) is 0 Å². The van der Waals surface area contributed by atoms with E-state index < -0.39 is 0 Å². The van der Waals surface area contributed by atoms with Crippen molar-refractivity contribution in [2.75, 3.05) is 13.1 Å². The molecule has 2 fully saturated rings. The van der Waals surface area contributed by atoms with Crippen LogP contribution in [0.15, 0.2) is 0 Å². The Morgan fingerprint density at radius 1 is 1.11 bits per heavy atom. The minimum atomic E-state index is -0.221. The second kappa shape index (κ2) is 7.10. The molecule has 0 aromatic rings. The summed E-state index contributed by atoms with van der Waals surface area (Å²) in [6, 6.07) is -0.0202. The van der Waals surface area contributed by atoms with Crippen LogP contribution in [0.25, 0.3) is 0 Å². The highest BCUT2D eigenvalue weighted by Gasteiger charge is 2.25. The number of carbonyl (C=O) groups is 1. The Bertz CT molecular complexity index is 263. The topological polar surface area (TPSA) is 61.4 Å². The van der Waals surface area contributed by atoms with Crippen LogP contribution in [-0.2, 0) is 4.79 Å². The summed E-state index contributed by atoms with van der Waals surface area (Å²) in [7, 11) is 0. The van der Waals surface area contributed by atoms with Crippen LogP contribution in [0.5, 0.6) is 0 Å². The van der Waals surface area contributed by atoms with Crippen molar-refractivity contribution in [1.29, 1.82) is 0 Å². The van der Waals surface area contributed by atoms with Crippen molar-refractivity contribution in [2.45, 2.75) is 63.5 Å². The van der Waals surface area contributed by atoms with E-state index in [9.17, 15) is 9.90 Å². The predicted octanol–water partition coefficient (Wildman–Crippen LogP) is 1.19. The number of hydrogen-bond donors (Lipinski definition) is 3. The molecule has 4 heteroatoms. The minimum absolute atomic E-state index is 0.0202. The fourth-order valence-electron chi connectivity index (χ4n) is 3.03. The lowest BCUT2D eigenvalue weighted by atomic mass is 9.86. The van der Waals surface area contributed by atoms with Crippen molar-refractivity contribution in [3.05, 3.63) is 0 Å². The van der Waals surface area contributed by atoms with E-state index in [-0.39, 0.29) is 24.0 Å². The molecule has 3 N–H and O–H groups in total.